The van der Waals surface area contributed by atoms with Gasteiger partial charge >= 0.3 is 12.1 Å². The summed E-state index contributed by atoms with van der Waals surface area (Å²) in [5.41, 5.74) is -0.133. The molecule has 3 aliphatic rings. The maximum absolute atomic E-state index is 12.9. The molecule has 0 amide bonds. The first-order chi connectivity index (χ1) is 13.2. The van der Waals surface area contributed by atoms with Crippen LogP contribution in [0.3, 0.4) is 0 Å². The second-order valence-electron chi connectivity index (χ2n) is 7.27. The van der Waals surface area contributed by atoms with Crippen LogP contribution >= 0.6 is 0 Å². The van der Waals surface area contributed by atoms with E-state index in [4.69, 9.17) is 19.4 Å². The third-order valence-electron chi connectivity index (χ3n) is 4.89. The summed E-state index contributed by atoms with van der Waals surface area (Å²) in [5.74, 6) is -1.79. The number of anilines is 1. The van der Waals surface area contributed by atoms with Crippen molar-refractivity contribution in [1.82, 2.24) is 9.97 Å². The van der Waals surface area contributed by atoms with Crippen LogP contribution in [0.1, 0.15) is 25.7 Å². The Morgan fingerprint density at radius 1 is 1.36 bits per heavy atom. The average Bonchev–Trinajstić information content (AvgIpc) is 3.25. The van der Waals surface area contributed by atoms with Crippen LogP contribution in [-0.2, 0) is 14.3 Å². The van der Waals surface area contributed by atoms with Crippen molar-refractivity contribution in [2.75, 3.05) is 31.2 Å². The van der Waals surface area contributed by atoms with Crippen LogP contribution < -0.4 is 4.90 Å². The summed E-state index contributed by atoms with van der Waals surface area (Å²) in [6.45, 7) is 3.18. The van der Waals surface area contributed by atoms with Gasteiger partial charge in [0.05, 0.1) is 37.3 Å². The Bertz CT molecular complexity index is 684. The van der Waals surface area contributed by atoms with Crippen molar-refractivity contribution in [3.63, 3.8) is 0 Å². The van der Waals surface area contributed by atoms with E-state index in [0.29, 0.717) is 12.6 Å². The number of ether oxygens (including phenoxy) is 2. The molecule has 11 heteroatoms. The van der Waals surface area contributed by atoms with Gasteiger partial charge in [-0.3, -0.25) is 0 Å². The molecule has 7 nitrogen and oxygen atoms in total. The number of carbonyl (C=O) groups is 1. The predicted molar refractivity (Wildman–Crippen MR) is 88.3 cm³/mol. The largest absolute Gasteiger partial charge is 0.490 e. The predicted octanol–water partition coefficient (Wildman–Crippen LogP) is 2.41. The zero-order valence-corrected chi connectivity index (χ0v) is 15.0. The lowest BCUT2D eigenvalue weighted by molar-refractivity contribution is -0.192. The number of aromatic nitrogens is 2. The molecule has 2 saturated heterocycles. The minimum atomic E-state index is -5.08. The summed E-state index contributed by atoms with van der Waals surface area (Å²) in [4.78, 5) is 19.1. The molecule has 0 radical (unpaired) electrons. The second kappa shape index (κ2) is 8.16. The van der Waals surface area contributed by atoms with Crippen molar-refractivity contribution in [3.05, 3.63) is 18.2 Å². The van der Waals surface area contributed by atoms with E-state index in [1.54, 1.807) is 0 Å². The van der Waals surface area contributed by atoms with E-state index in [1.807, 2.05) is 0 Å². The first kappa shape index (κ1) is 20.7. The topological polar surface area (TPSA) is 84.8 Å². The first-order valence-corrected chi connectivity index (χ1v) is 8.95. The van der Waals surface area contributed by atoms with E-state index in [0.717, 1.165) is 38.5 Å². The first-order valence-electron chi connectivity index (χ1n) is 8.95. The van der Waals surface area contributed by atoms with Crippen molar-refractivity contribution >= 4 is 11.9 Å². The van der Waals surface area contributed by atoms with E-state index >= 15 is 0 Å². The van der Waals surface area contributed by atoms with Crippen molar-refractivity contribution in [1.29, 1.82) is 0 Å². The van der Waals surface area contributed by atoms with Crippen LogP contribution in [0.25, 0.3) is 0 Å². The Hall–Kier alpha value is -2.01. The van der Waals surface area contributed by atoms with Crippen LogP contribution in [0, 0.1) is 11.7 Å². The summed E-state index contributed by atoms with van der Waals surface area (Å²) in [6.07, 6.45) is 2.09. The number of hydrogen-bond acceptors (Lipinski definition) is 6. The standard InChI is InChI=1S/C15H20FN3O2.C2HF3O2/c16-12-6-17-14(18-7-12)19-4-3-15(10-19)5-13(9-21-15)20-8-11-1-2-11;3-2(4,5)1(6)7/h6-7,11,13H,1-5,8-10H2;(H,6,7)/t13-,15+;/m1./s1. The lowest BCUT2D eigenvalue weighted by Gasteiger charge is -2.23. The van der Waals surface area contributed by atoms with Gasteiger partial charge in [-0.15, -0.1) is 0 Å². The highest BCUT2D eigenvalue weighted by atomic mass is 19.4. The highest BCUT2D eigenvalue weighted by Gasteiger charge is 2.46. The van der Waals surface area contributed by atoms with Gasteiger partial charge < -0.3 is 19.5 Å². The van der Waals surface area contributed by atoms with Gasteiger partial charge in [0.2, 0.25) is 5.95 Å². The number of hydrogen-bond donors (Lipinski definition) is 1. The maximum Gasteiger partial charge on any atom is 0.490 e. The van der Waals surface area contributed by atoms with Gasteiger partial charge in [0.1, 0.15) is 0 Å². The summed E-state index contributed by atoms with van der Waals surface area (Å²) in [7, 11) is 0. The molecule has 0 bridgehead atoms. The van der Waals surface area contributed by atoms with Crippen LogP contribution in [0.5, 0.6) is 0 Å². The van der Waals surface area contributed by atoms with Gasteiger partial charge in [0.25, 0.3) is 0 Å². The highest BCUT2D eigenvalue weighted by Crippen LogP contribution is 2.38. The smallest absolute Gasteiger partial charge is 0.475 e. The van der Waals surface area contributed by atoms with Crippen LogP contribution in [-0.4, -0.2) is 65.2 Å². The summed E-state index contributed by atoms with van der Waals surface area (Å²) >= 11 is 0. The number of rotatable bonds is 4. The number of nitrogens with zero attached hydrogens (tertiary/aromatic N) is 3. The molecule has 2 aliphatic heterocycles. The Balaban J connectivity index is 0.000000279. The van der Waals surface area contributed by atoms with Crippen molar-refractivity contribution in [2.45, 2.75) is 43.6 Å². The SMILES string of the molecule is Fc1cnc(N2CC[C@]3(C[C@@H](OCC4CC4)CO3)C2)nc1.O=C(O)C(F)(F)F. The Morgan fingerprint density at radius 2 is 2.00 bits per heavy atom. The Labute approximate surface area is 158 Å². The lowest BCUT2D eigenvalue weighted by Crippen LogP contribution is -2.33. The molecule has 3 heterocycles. The van der Waals surface area contributed by atoms with Crippen LogP contribution in [0.2, 0.25) is 0 Å². The van der Waals surface area contributed by atoms with E-state index in [2.05, 4.69) is 14.9 Å². The molecular formula is C17H21F4N3O4. The molecule has 3 fully saturated rings. The molecule has 1 N–H and O–H groups in total. The zero-order chi connectivity index (χ0) is 20.4. The number of aliphatic carboxylic acids is 1. The summed E-state index contributed by atoms with van der Waals surface area (Å²) < 4.78 is 56.6. The summed E-state index contributed by atoms with van der Waals surface area (Å²) in [6, 6.07) is 0. The second-order valence-corrected chi connectivity index (χ2v) is 7.27. The van der Waals surface area contributed by atoms with Gasteiger partial charge in [-0.25, -0.2) is 19.2 Å². The normalized spacial score (nSPS) is 27.0. The Morgan fingerprint density at radius 3 is 2.57 bits per heavy atom. The lowest BCUT2D eigenvalue weighted by atomic mass is 9.98. The molecule has 1 aromatic rings. The zero-order valence-electron chi connectivity index (χ0n) is 15.0. The van der Waals surface area contributed by atoms with E-state index in [9.17, 15) is 17.6 Å². The molecule has 156 valence electrons. The number of halogens is 4. The van der Waals surface area contributed by atoms with Crippen molar-refractivity contribution in [3.8, 4) is 0 Å². The highest BCUT2D eigenvalue weighted by molar-refractivity contribution is 5.73. The van der Waals surface area contributed by atoms with E-state index in [-0.39, 0.29) is 11.7 Å². The number of carboxylic acid groups (broad SMARTS) is 1. The van der Waals surface area contributed by atoms with Gasteiger partial charge in [0, 0.05) is 19.6 Å². The molecular weight excluding hydrogens is 386 g/mol. The molecule has 1 aliphatic carbocycles. The minimum Gasteiger partial charge on any atom is -0.475 e. The quantitative estimate of drug-likeness (QED) is 0.768. The molecule has 0 aromatic carbocycles. The fourth-order valence-electron chi connectivity index (χ4n) is 3.23. The molecule has 1 spiro atoms. The van der Waals surface area contributed by atoms with Crippen molar-refractivity contribution < 1.29 is 36.9 Å². The molecule has 2 atom stereocenters. The Kier molecular flexibility index (Phi) is 6.04. The van der Waals surface area contributed by atoms with Gasteiger partial charge in [-0.2, -0.15) is 13.2 Å². The van der Waals surface area contributed by atoms with Crippen molar-refractivity contribution in [2.24, 2.45) is 5.92 Å². The fourth-order valence-corrected chi connectivity index (χ4v) is 3.23. The molecule has 28 heavy (non-hydrogen) atoms. The number of alkyl halides is 3. The van der Waals surface area contributed by atoms with Gasteiger partial charge in [0.15, 0.2) is 5.82 Å². The van der Waals surface area contributed by atoms with E-state index in [1.165, 1.54) is 25.2 Å². The van der Waals surface area contributed by atoms with Crippen LogP contribution in [0.15, 0.2) is 12.4 Å². The third-order valence-corrected chi connectivity index (χ3v) is 4.89. The van der Waals surface area contributed by atoms with Gasteiger partial charge in [-0.05, 0) is 25.2 Å². The molecule has 1 aromatic heterocycles. The fraction of sp³-hybridized carbons (Fsp3) is 0.706. The third kappa shape index (κ3) is 5.51. The molecule has 0 unspecified atom stereocenters. The molecule has 4 rings (SSSR count). The average molecular weight is 407 g/mol. The number of carboxylic acids is 1. The monoisotopic (exact) mass is 407 g/mol. The molecule has 1 saturated carbocycles. The minimum absolute atomic E-state index is 0.133. The maximum atomic E-state index is 12.9. The van der Waals surface area contributed by atoms with Gasteiger partial charge in [-0.1, -0.05) is 0 Å². The van der Waals surface area contributed by atoms with E-state index < -0.39 is 18.0 Å². The summed E-state index contributed by atoms with van der Waals surface area (Å²) in [5, 5.41) is 7.12. The van der Waals surface area contributed by atoms with Crippen LogP contribution in [0.4, 0.5) is 23.5 Å².